The molecule has 0 bridgehead atoms. The van der Waals surface area contributed by atoms with E-state index in [1.54, 1.807) is 22.8 Å². The number of nitrogens with zero attached hydrogens (tertiary/aromatic N) is 4. The van der Waals surface area contributed by atoms with Crippen LogP contribution >= 0.6 is 0 Å². The molecule has 0 saturated heterocycles. The smallest absolute Gasteiger partial charge is 0.352 e. The van der Waals surface area contributed by atoms with Crippen LogP contribution in [-0.4, -0.2) is 31.2 Å². The lowest BCUT2D eigenvalue weighted by Crippen LogP contribution is -2.29. The fourth-order valence-electron chi connectivity index (χ4n) is 4.12. The van der Waals surface area contributed by atoms with Crippen LogP contribution in [0.3, 0.4) is 0 Å². The predicted octanol–water partition coefficient (Wildman–Crippen LogP) is 3.27. The minimum absolute atomic E-state index is 0.220. The fraction of sp³-hybridized carbons (Fsp3) is 0.385. The van der Waals surface area contributed by atoms with Gasteiger partial charge in [-0.25, -0.2) is 13.9 Å². The van der Waals surface area contributed by atoms with Gasteiger partial charge in [0, 0.05) is 18.7 Å². The highest BCUT2D eigenvalue weighted by molar-refractivity contribution is 5.98. The minimum atomic E-state index is -0.342. The van der Waals surface area contributed by atoms with E-state index < -0.39 is 0 Å². The Kier molecular flexibility index (Phi) is 6.41. The number of carbonyl (C=O) groups is 1. The summed E-state index contributed by atoms with van der Waals surface area (Å²) in [4.78, 5) is 39.5. The van der Waals surface area contributed by atoms with Crippen LogP contribution in [-0.2, 0) is 13.1 Å². The van der Waals surface area contributed by atoms with Crippen molar-refractivity contribution in [1.82, 2.24) is 24.1 Å². The van der Waals surface area contributed by atoms with Crippen LogP contribution in [0.4, 0.5) is 0 Å². The molecule has 4 rings (SSSR count). The maximum Gasteiger partial charge on any atom is 0.352 e. The first-order chi connectivity index (χ1) is 16.2. The Morgan fingerprint density at radius 3 is 2.56 bits per heavy atom. The van der Waals surface area contributed by atoms with E-state index in [9.17, 15) is 14.4 Å². The van der Waals surface area contributed by atoms with Gasteiger partial charge in [0.2, 0.25) is 5.78 Å². The topological polar surface area (TPSA) is 90.4 Å². The Morgan fingerprint density at radius 2 is 1.85 bits per heavy atom. The van der Waals surface area contributed by atoms with E-state index in [1.165, 1.54) is 9.08 Å². The molecule has 0 aliphatic carbocycles. The van der Waals surface area contributed by atoms with Gasteiger partial charge in [0.25, 0.3) is 11.5 Å². The van der Waals surface area contributed by atoms with Gasteiger partial charge in [-0.15, -0.1) is 5.10 Å². The average Bonchev–Trinajstić information content (AvgIpc) is 3.13. The quantitative estimate of drug-likeness (QED) is 0.457. The number of rotatable bonds is 7. The largest absolute Gasteiger partial charge is 0.352 e. The van der Waals surface area contributed by atoms with Gasteiger partial charge in [-0.1, -0.05) is 44.5 Å². The highest BCUT2D eigenvalue weighted by Gasteiger charge is 2.19. The lowest BCUT2D eigenvalue weighted by molar-refractivity contribution is 0.0949. The molecule has 8 nitrogen and oxygen atoms in total. The maximum atomic E-state index is 13.6. The first-order valence-corrected chi connectivity index (χ1v) is 11.7. The van der Waals surface area contributed by atoms with E-state index in [0.717, 1.165) is 23.1 Å². The lowest BCUT2D eigenvalue weighted by Gasteiger charge is -2.11. The molecule has 2 heterocycles. The number of fused-ring (bicyclic) bond motifs is 3. The van der Waals surface area contributed by atoms with Gasteiger partial charge >= 0.3 is 5.69 Å². The summed E-state index contributed by atoms with van der Waals surface area (Å²) < 4.78 is 4.40. The monoisotopic (exact) mass is 461 g/mol. The van der Waals surface area contributed by atoms with Crippen molar-refractivity contribution < 1.29 is 4.79 Å². The minimum Gasteiger partial charge on any atom is -0.352 e. The number of nitrogens with one attached hydrogen (secondary N) is 1. The van der Waals surface area contributed by atoms with Gasteiger partial charge in [-0.3, -0.25) is 14.2 Å². The first-order valence-electron chi connectivity index (χ1n) is 11.7. The molecule has 0 aliphatic heterocycles. The van der Waals surface area contributed by atoms with Crippen molar-refractivity contribution >= 4 is 22.6 Å². The molecule has 178 valence electrons. The molecule has 0 atom stereocenters. The molecule has 34 heavy (non-hydrogen) atoms. The second kappa shape index (κ2) is 9.29. The van der Waals surface area contributed by atoms with Gasteiger partial charge < -0.3 is 5.32 Å². The Labute approximate surface area is 197 Å². The third-order valence-electron chi connectivity index (χ3n) is 5.98. The summed E-state index contributed by atoms with van der Waals surface area (Å²) in [6.45, 7) is 11.3. The zero-order valence-electron chi connectivity index (χ0n) is 20.4. The number of carbonyl (C=O) groups excluding carboxylic acids is 1. The van der Waals surface area contributed by atoms with Crippen molar-refractivity contribution in [3.05, 3.63) is 79.5 Å². The molecule has 2 aromatic carbocycles. The maximum absolute atomic E-state index is 13.6. The average molecular weight is 462 g/mol. The molecule has 8 heteroatoms. The summed E-state index contributed by atoms with van der Waals surface area (Å²) in [6.07, 6.45) is 0.717. The van der Waals surface area contributed by atoms with Gasteiger partial charge in [-0.2, -0.15) is 0 Å². The van der Waals surface area contributed by atoms with Gasteiger partial charge in [0.05, 0.1) is 17.4 Å². The Bertz CT molecular complexity index is 1510. The van der Waals surface area contributed by atoms with Crippen LogP contribution in [0.5, 0.6) is 0 Å². The van der Waals surface area contributed by atoms with Crippen LogP contribution in [0.1, 0.15) is 54.2 Å². The molecule has 0 unspecified atom stereocenters. The van der Waals surface area contributed by atoms with Crippen LogP contribution in [0.15, 0.2) is 46.0 Å². The lowest BCUT2D eigenvalue weighted by atomic mass is 10.1. The molecule has 4 aromatic rings. The molecule has 0 radical (unpaired) electrons. The highest BCUT2D eigenvalue weighted by Crippen LogP contribution is 2.16. The summed E-state index contributed by atoms with van der Waals surface area (Å²) in [7, 11) is 0. The third-order valence-corrected chi connectivity index (χ3v) is 5.98. The normalized spacial score (nSPS) is 11.6. The summed E-state index contributed by atoms with van der Waals surface area (Å²) in [6, 6.07) is 11.0. The Hall–Kier alpha value is -3.68. The Morgan fingerprint density at radius 1 is 1.09 bits per heavy atom. The van der Waals surface area contributed by atoms with E-state index in [4.69, 9.17) is 0 Å². The van der Waals surface area contributed by atoms with Gasteiger partial charge in [0.15, 0.2) is 0 Å². The van der Waals surface area contributed by atoms with E-state index in [2.05, 4.69) is 10.4 Å². The van der Waals surface area contributed by atoms with E-state index >= 15 is 0 Å². The number of hydrogen-bond acceptors (Lipinski definition) is 4. The van der Waals surface area contributed by atoms with Crippen molar-refractivity contribution in [2.45, 2.75) is 54.1 Å². The van der Waals surface area contributed by atoms with Gasteiger partial charge in [-0.05, 0) is 55.5 Å². The second-order valence-corrected chi connectivity index (χ2v) is 9.30. The molecule has 1 amide bonds. The van der Waals surface area contributed by atoms with Gasteiger partial charge in [0.1, 0.15) is 0 Å². The zero-order valence-corrected chi connectivity index (χ0v) is 20.4. The molecular formula is C26H31N5O3. The molecule has 0 aliphatic rings. The van der Waals surface area contributed by atoms with Crippen molar-refractivity contribution in [3.8, 4) is 0 Å². The van der Waals surface area contributed by atoms with Crippen LogP contribution in [0.2, 0.25) is 0 Å². The van der Waals surface area contributed by atoms with Crippen molar-refractivity contribution in [2.75, 3.05) is 6.54 Å². The van der Waals surface area contributed by atoms with Crippen LogP contribution in [0, 0.1) is 19.8 Å². The number of aromatic nitrogens is 4. The Balaban J connectivity index is 1.94. The second-order valence-electron chi connectivity index (χ2n) is 9.30. The highest BCUT2D eigenvalue weighted by atomic mass is 16.2. The summed E-state index contributed by atoms with van der Waals surface area (Å²) in [5.41, 5.74) is 3.39. The molecule has 0 saturated carbocycles. The van der Waals surface area contributed by atoms with E-state index in [-0.39, 0.29) is 22.9 Å². The predicted molar refractivity (Wildman–Crippen MR) is 134 cm³/mol. The van der Waals surface area contributed by atoms with E-state index in [0.29, 0.717) is 42.0 Å². The number of amides is 1. The van der Waals surface area contributed by atoms with Crippen LogP contribution in [0.25, 0.3) is 16.7 Å². The number of aryl methyl sites for hydroxylation is 3. The standard InChI is InChI=1S/C26H31N5O3/c1-6-11-29-24(33)21-10-9-19(23(32)27-14-16(2)3)13-22(21)31-25(29)28-30(26(31)34)15-20-12-17(4)7-8-18(20)5/h7-10,12-13,16H,6,11,14-15H2,1-5H3,(H,27,32). The molecule has 0 fully saturated rings. The summed E-state index contributed by atoms with van der Waals surface area (Å²) in [5, 5.41) is 7.85. The van der Waals surface area contributed by atoms with Crippen molar-refractivity contribution in [2.24, 2.45) is 5.92 Å². The number of hydrogen-bond donors (Lipinski definition) is 1. The fourth-order valence-corrected chi connectivity index (χ4v) is 4.12. The SMILES string of the molecule is CCCn1c(=O)c2ccc(C(=O)NCC(C)C)cc2n2c(=O)n(Cc3cc(C)ccc3C)nc12. The first kappa shape index (κ1) is 23.5. The molecule has 1 N–H and O–H groups in total. The molecule has 2 aromatic heterocycles. The number of benzene rings is 2. The van der Waals surface area contributed by atoms with E-state index in [1.807, 2.05) is 52.8 Å². The summed E-state index contributed by atoms with van der Waals surface area (Å²) >= 11 is 0. The third kappa shape index (κ3) is 4.27. The zero-order chi connectivity index (χ0) is 24.6. The summed E-state index contributed by atoms with van der Waals surface area (Å²) in [5.74, 6) is 0.356. The molecular weight excluding hydrogens is 430 g/mol. The molecule has 0 spiro atoms. The van der Waals surface area contributed by atoms with Crippen LogP contribution < -0.4 is 16.6 Å². The van der Waals surface area contributed by atoms with Crippen molar-refractivity contribution in [1.29, 1.82) is 0 Å². The van der Waals surface area contributed by atoms with Crippen molar-refractivity contribution in [3.63, 3.8) is 0 Å².